The molecule has 2 aromatic carbocycles. The Labute approximate surface area is 226 Å². The van der Waals surface area contributed by atoms with Crippen molar-refractivity contribution in [2.24, 2.45) is 17.8 Å². The van der Waals surface area contributed by atoms with Gasteiger partial charge in [-0.15, -0.1) is 0 Å². The van der Waals surface area contributed by atoms with Crippen molar-refractivity contribution in [2.75, 3.05) is 13.2 Å². The molecule has 8 heteroatoms. The summed E-state index contributed by atoms with van der Waals surface area (Å²) in [5.41, 5.74) is 1.61. The van der Waals surface area contributed by atoms with Gasteiger partial charge in [0.2, 0.25) is 0 Å². The second-order valence-corrected chi connectivity index (χ2v) is 11.7. The second-order valence-electron chi connectivity index (χ2n) is 11.3. The van der Waals surface area contributed by atoms with Gasteiger partial charge in [-0.05, 0) is 92.5 Å². The summed E-state index contributed by atoms with van der Waals surface area (Å²) in [6, 6.07) is 8.79. The van der Waals surface area contributed by atoms with Gasteiger partial charge in [-0.2, -0.15) is 8.78 Å². The number of hydrogen-bond donors (Lipinski definition) is 0. The van der Waals surface area contributed by atoms with E-state index in [4.69, 9.17) is 25.8 Å². The van der Waals surface area contributed by atoms with Crippen LogP contribution in [0.3, 0.4) is 0 Å². The summed E-state index contributed by atoms with van der Waals surface area (Å²) >= 11 is 5.62. The zero-order valence-corrected chi connectivity index (χ0v) is 22.4. The molecule has 208 valence electrons. The van der Waals surface area contributed by atoms with Crippen molar-refractivity contribution in [3.8, 4) is 5.75 Å². The van der Waals surface area contributed by atoms with Gasteiger partial charge in [0.1, 0.15) is 17.4 Å². The van der Waals surface area contributed by atoms with E-state index in [1.165, 1.54) is 12.1 Å². The van der Waals surface area contributed by atoms with Crippen molar-refractivity contribution < 1.29 is 31.8 Å². The molecule has 2 saturated carbocycles. The van der Waals surface area contributed by atoms with Crippen molar-refractivity contribution in [3.05, 3.63) is 64.2 Å². The Hall–Kier alpha value is -1.83. The van der Waals surface area contributed by atoms with Crippen LogP contribution in [0.5, 0.6) is 5.75 Å². The third-order valence-corrected chi connectivity index (χ3v) is 8.84. The van der Waals surface area contributed by atoms with Gasteiger partial charge in [0.15, 0.2) is 6.29 Å². The molecule has 0 amide bonds. The first-order valence-electron chi connectivity index (χ1n) is 13.7. The molecular weight excluding hydrogens is 520 g/mol. The van der Waals surface area contributed by atoms with Crippen LogP contribution in [0.15, 0.2) is 36.4 Å². The van der Waals surface area contributed by atoms with Crippen LogP contribution < -0.4 is 4.74 Å². The van der Waals surface area contributed by atoms with Gasteiger partial charge in [-0.25, -0.2) is 8.78 Å². The highest BCUT2D eigenvalue weighted by molar-refractivity contribution is 6.30. The van der Waals surface area contributed by atoms with Crippen LogP contribution in [0.2, 0.25) is 5.02 Å². The summed E-state index contributed by atoms with van der Waals surface area (Å²) in [5, 5.41) is -0.153. The molecular formula is C30H35ClF4O3. The molecule has 0 N–H and O–H groups in total. The van der Waals surface area contributed by atoms with Crippen LogP contribution in [0.1, 0.15) is 81.3 Å². The smallest absolute Gasteiger partial charge is 0.400 e. The van der Waals surface area contributed by atoms with E-state index in [-0.39, 0.29) is 41.6 Å². The molecule has 5 rings (SSSR count). The van der Waals surface area contributed by atoms with Gasteiger partial charge in [0.25, 0.3) is 0 Å². The van der Waals surface area contributed by atoms with Gasteiger partial charge >= 0.3 is 6.11 Å². The lowest BCUT2D eigenvalue weighted by molar-refractivity contribution is -0.226. The fraction of sp³-hybridized carbons (Fsp3) is 0.600. The minimum Gasteiger partial charge on any atom is -0.432 e. The van der Waals surface area contributed by atoms with Crippen molar-refractivity contribution >= 4 is 11.6 Å². The average molecular weight is 555 g/mol. The van der Waals surface area contributed by atoms with E-state index in [2.05, 4.69) is 6.92 Å². The zero-order valence-electron chi connectivity index (χ0n) is 21.6. The molecule has 0 bridgehead atoms. The lowest BCUT2D eigenvalue weighted by atomic mass is 9.76. The Morgan fingerprint density at radius 3 is 2.11 bits per heavy atom. The molecule has 38 heavy (non-hydrogen) atoms. The first-order chi connectivity index (χ1) is 18.2. The largest absolute Gasteiger partial charge is 0.432 e. The molecule has 0 spiro atoms. The van der Waals surface area contributed by atoms with Crippen molar-refractivity contribution in [2.45, 2.75) is 82.5 Å². The molecule has 2 aromatic rings. The molecule has 3 nitrogen and oxygen atoms in total. The quantitative estimate of drug-likeness (QED) is 0.334. The molecule has 1 aliphatic heterocycles. The Kier molecular flexibility index (Phi) is 8.56. The van der Waals surface area contributed by atoms with Crippen LogP contribution in [-0.4, -0.2) is 25.6 Å². The molecule has 2 aliphatic carbocycles. The summed E-state index contributed by atoms with van der Waals surface area (Å²) in [4.78, 5) is 0. The lowest BCUT2D eigenvalue weighted by Gasteiger charge is -2.37. The predicted molar refractivity (Wildman–Crippen MR) is 138 cm³/mol. The predicted octanol–water partition coefficient (Wildman–Crippen LogP) is 8.85. The number of alkyl halides is 2. The Morgan fingerprint density at radius 2 is 1.47 bits per heavy atom. The Bertz CT molecular complexity index is 1090. The monoisotopic (exact) mass is 554 g/mol. The number of ether oxygens (including phenoxy) is 3. The maximum absolute atomic E-state index is 15.2. The first-order valence-corrected chi connectivity index (χ1v) is 14.1. The van der Waals surface area contributed by atoms with Crippen LogP contribution in [0.4, 0.5) is 17.6 Å². The fourth-order valence-electron chi connectivity index (χ4n) is 6.26. The SMILES string of the molecule is CC1COC(C2CCC(c3ccc(C4CCC(C(F)(F)Oc5ccc(Cl)c(F)c5)CC4)c(F)c3)CC2)OC1. The second kappa shape index (κ2) is 11.7. The molecule has 0 unspecified atom stereocenters. The van der Waals surface area contributed by atoms with E-state index < -0.39 is 17.8 Å². The molecule has 3 aliphatic rings. The third-order valence-electron chi connectivity index (χ3n) is 8.53. The normalized spacial score (nSPS) is 30.7. The lowest BCUT2D eigenvalue weighted by Crippen LogP contribution is -2.37. The van der Waals surface area contributed by atoms with E-state index >= 15 is 4.39 Å². The topological polar surface area (TPSA) is 27.7 Å². The number of rotatable bonds is 6. The van der Waals surface area contributed by atoms with Gasteiger partial charge in [0, 0.05) is 17.9 Å². The summed E-state index contributed by atoms with van der Waals surface area (Å²) in [6.45, 7) is 3.60. The Morgan fingerprint density at radius 1 is 0.816 bits per heavy atom. The average Bonchev–Trinajstić information content (AvgIpc) is 2.91. The van der Waals surface area contributed by atoms with E-state index in [0.717, 1.165) is 50.5 Å². The van der Waals surface area contributed by atoms with Gasteiger partial charge in [-0.1, -0.05) is 30.7 Å². The van der Waals surface area contributed by atoms with Crippen molar-refractivity contribution in [3.63, 3.8) is 0 Å². The highest BCUT2D eigenvalue weighted by atomic mass is 35.5. The Balaban J connectivity index is 1.14. The third kappa shape index (κ3) is 6.31. The highest BCUT2D eigenvalue weighted by Crippen LogP contribution is 2.45. The minimum absolute atomic E-state index is 0.109. The summed E-state index contributed by atoms with van der Waals surface area (Å²) in [5.74, 6) is -1.32. The van der Waals surface area contributed by atoms with E-state index in [0.29, 0.717) is 36.2 Å². The maximum Gasteiger partial charge on any atom is 0.400 e. The summed E-state index contributed by atoms with van der Waals surface area (Å²) in [6.07, 6.45) is 1.66. The van der Waals surface area contributed by atoms with E-state index in [1.807, 2.05) is 12.1 Å². The molecule has 0 aromatic heterocycles. The standard InChI is InChI=1S/C30H35ClF4O3/c1-18-16-36-29(37-17-18)21-4-2-19(3-5-21)22-8-12-25(27(32)14-22)20-6-9-23(10-7-20)30(34,35)38-24-11-13-26(31)28(33)15-24/h8,11-15,18-21,23,29H,2-7,9-10,16-17H2,1H3. The molecule has 1 saturated heterocycles. The molecule has 0 atom stereocenters. The van der Waals surface area contributed by atoms with Gasteiger partial charge in [0.05, 0.1) is 24.2 Å². The molecule has 1 heterocycles. The zero-order chi connectivity index (χ0) is 26.9. The summed E-state index contributed by atoms with van der Waals surface area (Å²) < 4.78 is 75.0. The van der Waals surface area contributed by atoms with Crippen LogP contribution in [0.25, 0.3) is 0 Å². The van der Waals surface area contributed by atoms with Crippen LogP contribution in [-0.2, 0) is 9.47 Å². The first kappa shape index (κ1) is 27.7. The number of hydrogen-bond acceptors (Lipinski definition) is 3. The number of benzene rings is 2. The fourth-order valence-corrected chi connectivity index (χ4v) is 6.38. The minimum atomic E-state index is -3.45. The van der Waals surface area contributed by atoms with Gasteiger partial charge in [-0.3, -0.25) is 0 Å². The summed E-state index contributed by atoms with van der Waals surface area (Å²) in [7, 11) is 0. The molecule has 3 fully saturated rings. The maximum atomic E-state index is 15.2. The van der Waals surface area contributed by atoms with Crippen LogP contribution >= 0.6 is 11.6 Å². The van der Waals surface area contributed by atoms with Crippen molar-refractivity contribution in [1.82, 2.24) is 0 Å². The molecule has 0 radical (unpaired) electrons. The van der Waals surface area contributed by atoms with Crippen LogP contribution in [0, 0.1) is 29.4 Å². The van der Waals surface area contributed by atoms with Crippen molar-refractivity contribution in [1.29, 1.82) is 0 Å². The number of halogens is 5. The van der Waals surface area contributed by atoms with E-state index in [1.54, 1.807) is 6.07 Å². The van der Waals surface area contributed by atoms with Gasteiger partial charge < -0.3 is 14.2 Å². The highest BCUT2D eigenvalue weighted by Gasteiger charge is 2.44. The van der Waals surface area contributed by atoms with E-state index in [9.17, 15) is 13.2 Å².